The van der Waals surface area contributed by atoms with Gasteiger partial charge in [0.05, 0.1) is 29.6 Å². The summed E-state index contributed by atoms with van der Waals surface area (Å²) >= 11 is 5.71. The Bertz CT molecular complexity index is 648. The quantitative estimate of drug-likeness (QED) is 0.885. The molecule has 1 N–H and O–H groups in total. The van der Waals surface area contributed by atoms with Crippen molar-refractivity contribution < 1.29 is 18.3 Å². The molecule has 0 aliphatic heterocycles. The predicted octanol–water partition coefficient (Wildman–Crippen LogP) is 3.27. The molecule has 7 heteroatoms. The molecule has 0 saturated heterocycles. The van der Waals surface area contributed by atoms with Gasteiger partial charge in [-0.05, 0) is 18.2 Å². The van der Waals surface area contributed by atoms with Crippen LogP contribution >= 0.6 is 11.6 Å². The van der Waals surface area contributed by atoms with Gasteiger partial charge in [-0.2, -0.15) is 0 Å². The number of carbonyl (C=O) groups excluding carboxylic acids is 1. The molecule has 2 rings (SSSR count). The molecule has 20 heavy (non-hydrogen) atoms. The van der Waals surface area contributed by atoms with E-state index in [1.165, 1.54) is 13.3 Å². The second-order valence-corrected chi connectivity index (χ2v) is 4.20. The molecule has 0 radical (unpaired) electrons. The number of rotatable bonds is 3. The molecule has 0 aliphatic rings. The number of nitrogens with one attached hydrogen (secondary N) is 1. The van der Waals surface area contributed by atoms with E-state index in [2.05, 4.69) is 10.3 Å². The molecule has 0 fully saturated rings. The molecule has 0 atom stereocenters. The fraction of sp³-hybridized carbons (Fsp3) is 0.0769. The van der Waals surface area contributed by atoms with E-state index in [1.54, 1.807) is 12.1 Å². The van der Waals surface area contributed by atoms with Crippen molar-refractivity contribution in [2.24, 2.45) is 0 Å². The zero-order valence-electron chi connectivity index (χ0n) is 10.3. The van der Waals surface area contributed by atoms with Crippen molar-refractivity contribution >= 4 is 23.2 Å². The van der Waals surface area contributed by atoms with E-state index in [0.717, 1.165) is 12.1 Å². The van der Waals surface area contributed by atoms with Crippen LogP contribution in [0.25, 0.3) is 0 Å². The van der Waals surface area contributed by atoms with Gasteiger partial charge >= 0.3 is 0 Å². The fourth-order valence-electron chi connectivity index (χ4n) is 1.47. The van der Waals surface area contributed by atoms with Crippen LogP contribution in [0.3, 0.4) is 0 Å². The van der Waals surface area contributed by atoms with Gasteiger partial charge in [0.2, 0.25) is 5.88 Å². The van der Waals surface area contributed by atoms with Gasteiger partial charge in [-0.3, -0.25) is 4.79 Å². The summed E-state index contributed by atoms with van der Waals surface area (Å²) in [7, 11) is 1.46. The maximum Gasteiger partial charge on any atom is 0.257 e. The lowest BCUT2D eigenvalue weighted by molar-refractivity contribution is 0.102. The highest BCUT2D eigenvalue weighted by Crippen LogP contribution is 2.21. The van der Waals surface area contributed by atoms with Crippen LogP contribution in [0.1, 0.15) is 10.4 Å². The molecule has 1 aromatic carbocycles. The molecule has 1 heterocycles. The first-order valence-corrected chi connectivity index (χ1v) is 5.85. The van der Waals surface area contributed by atoms with Crippen LogP contribution in [0, 0.1) is 11.6 Å². The lowest BCUT2D eigenvalue weighted by Crippen LogP contribution is -2.13. The van der Waals surface area contributed by atoms with Gasteiger partial charge < -0.3 is 10.1 Å². The SMILES string of the molecule is COc1ccc(NC(=O)c2cc(F)c(F)cc2Cl)cn1. The number of carbonyl (C=O) groups is 1. The van der Waals surface area contributed by atoms with E-state index in [0.29, 0.717) is 11.6 Å². The lowest BCUT2D eigenvalue weighted by atomic mass is 10.2. The molecule has 1 aromatic heterocycles. The largest absolute Gasteiger partial charge is 0.481 e. The van der Waals surface area contributed by atoms with Crippen LogP contribution in [0.4, 0.5) is 14.5 Å². The van der Waals surface area contributed by atoms with Crippen LogP contribution < -0.4 is 10.1 Å². The first-order valence-electron chi connectivity index (χ1n) is 5.47. The summed E-state index contributed by atoms with van der Waals surface area (Å²) in [5.74, 6) is -2.54. The van der Waals surface area contributed by atoms with Gasteiger partial charge in [0.25, 0.3) is 5.91 Å². The number of hydrogen-bond donors (Lipinski definition) is 1. The maximum absolute atomic E-state index is 13.1. The lowest BCUT2D eigenvalue weighted by Gasteiger charge is -2.07. The van der Waals surface area contributed by atoms with Crippen LogP contribution in [0.5, 0.6) is 5.88 Å². The third-order valence-corrected chi connectivity index (χ3v) is 2.77. The first-order chi connectivity index (χ1) is 9.51. The van der Waals surface area contributed by atoms with Crippen molar-refractivity contribution in [2.75, 3.05) is 12.4 Å². The highest BCUT2D eigenvalue weighted by molar-refractivity contribution is 6.34. The van der Waals surface area contributed by atoms with Crippen molar-refractivity contribution in [1.82, 2.24) is 4.98 Å². The summed E-state index contributed by atoms with van der Waals surface area (Å²) in [5, 5.41) is 2.29. The number of benzene rings is 1. The molecule has 1 amide bonds. The van der Waals surface area contributed by atoms with Crippen molar-refractivity contribution in [1.29, 1.82) is 0 Å². The van der Waals surface area contributed by atoms with Crippen LogP contribution in [0.15, 0.2) is 30.5 Å². The third kappa shape index (κ3) is 3.03. The Morgan fingerprint density at radius 3 is 2.60 bits per heavy atom. The van der Waals surface area contributed by atoms with Gasteiger partial charge in [-0.15, -0.1) is 0 Å². The smallest absolute Gasteiger partial charge is 0.257 e. The highest BCUT2D eigenvalue weighted by atomic mass is 35.5. The van der Waals surface area contributed by atoms with Crippen molar-refractivity contribution in [3.05, 3.63) is 52.7 Å². The molecular formula is C13H9ClF2N2O2. The number of ether oxygens (including phenoxy) is 1. The average molecular weight is 299 g/mol. The molecule has 0 spiro atoms. The van der Waals surface area contributed by atoms with Crippen molar-refractivity contribution in [2.45, 2.75) is 0 Å². The van der Waals surface area contributed by atoms with Gasteiger partial charge in [0.1, 0.15) is 0 Å². The average Bonchev–Trinajstić information content (AvgIpc) is 2.43. The van der Waals surface area contributed by atoms with E-state index < -0.39 is 17.5 Å². The number of halogens is 3. The summed E-state index contributed by atoms with van der Waals surface area (Å²) in [4.78, 5) is 15.8. The van der Waals surface area contributed by atoms with Crippen LogP contribution in [-0.2, 0) is 0 Å². The first kappa shape index (κ1) is 14.2. The molecule has 0 saturated carbocycles. The van der Waals surface area contributed by atoms with Crippen LogP contribution in [0.2, 0.25) is 5.02 Å². The Balaban J connectivity index is 2.21. The van der Waals surface area contributed by atoms with Gasteiger partial charge in [-0.1, -0.05) is 11.6 Å². The Kier molecular flexibility index (Phi) is 4.14. The Morgan fingerprint density at radius 1 is 1.30 bits per heavy atom. The maximum atomic E-state index is 13.1. The van der Waals surface area contributed by atoms with Gasteiger partial charge in [0, 0.05) is 6.07 Å². The summed E-state index contributed by atoms with van der Waals surface area (Å²) in [5.41, 5.74) is 0.206. The molecule has 104 valence electrons. The molecule has 0 aliphatic carbocycles. The topological polar surface area (TPSA) is 51.2 Å². The fourth-order valence-corrected chi connectivity index (χ4v) is 1.71. The third-order valence-electron chi connectivity index (χ3n) is 2.46. The second kappa shape index (κ2) is 5.83. The molecule has 4 nitrogen and oxygen atoms in total. The zero-order valence-corrected chi connectivity index (χ0v) is 11.0. The Morgan fingerprint density at radius 2 is 2.00 bits per heavy atom. The number of pyridine rings is 1. The van der Waals surface area contributed by atoms with Crippen molar-refractivity contribution in [3.63, 3.8) is 0 Å². The number of hydrogen-bond acceptors (Lipinski definition) is 3. The van der Waals surface area contributed by atoms with E-state index in [4.69, 9.17) is 16.3 Å². The summed E-state index contributed by atoms with van der Waals surface area (Å²) in [6.45, 7) is 0. The number of amides is 1. The van der Waals surface area contributed by atoms with Crippen molar-refractivity contribution in [3.8, 4) is 5.88 Å². The summed E-state index contributed by atoms with van der Waals surface area (Å²) < 4.78 is 30.9. The van der Waals surface area contributed by atoms with Gasteiger partial charge in [0.15, 0.2) is 11.6 Å². The molecule has 0 bridgehead atoms. The van der Waals surface area contributed by atoms with E-state index in [9.17, 15) is 13.6 Å². The normalized spacial score (nSPS) is 10.2. The van der Waals surface area contributed by atoms with E-state index in [1.807, 2.05) is 0 Å². The Labute approximate surface area is 118 Å². The number of nitrogens with zero attached hydrogens (tertiary/aromatic N) is 1. The molecular weight excluding hydrogens is 290 g/mol. The molecule has 0 unspecified atom stereocenters. The number of anilines is 1. The number of methoxy groups -OCH3 is 1. The minimum atomic E-state index is -1.15. The zero-order chi connectivity index (χ0) is 14.7. The minimum absolute atomic E-state index is 0.165. The summed E-state index contributed by atoms with van der Waals surface area (Å²) in [6.07, 6.45) is 1.37. The number of aromatic nitrogens is 1. The van der Waals surface area contributed by atoms with Crippen LogP contribution in [-0.4, -0.2) is 18.0 Å². The van der Waals surface area contributed by atoms with Gasteiger partial charge in [-0.25, -0.2) is 13.8 Å². The van der Waals surface area contributed by atoms with E-state index >= 15 is 0 Å². The van der Waals surface area contributed by atoms with E-state index in [-0.39, 0.29) is 10.6 Å². The monoisotopic (exact) mass is 298 g/mol. The predicted molar refractivity (Wildman–Crippen MR) is 70.1 cm³/mol. The second-order valence-electron chi connectivity index (χ2n) is 3.79. The standard InChI is InChI=1S/C13H9ClF2N2O2/c1-20-12-3-2-7(6-17-12)18-13(19)8-4-10(15)11(16)5-9(8)14/h2-6H,1H3,(H,18,19). The Hall–Kier alpha value is -2.21. The minimum Gasteiger partial charge on any atom is -0.481 e. The highest BCUT2D eigenvalue weighted by Gasteiger charge is 2.15. The summed E-state index contributed by atoms with van der Waals surface area (Å²) in [6, 6.07) is 4.59. The molecule has 2 aromatic rings.